The third kappa shape index (κ3) is 4.59. The summed E-state index contributed by atoms with van der Waals surface area (Å²) in [6.07, 6.45) is 4.53. The highest BCUT2D eigenvalue weighted by Gasteiger charge is 2.11. The molecule has 2 aromatic rings. The summed E-state index contributed by atoms with van der Waals surface area (Å²) in [6, 6.07) is 5.95. The Hall–Kier alpha value is -2.35. The van der Waals surface area contributed by atoms with Crippen LogP contribution in [0.4, 0.5) is 10.5 Å². The summed E-state index contributed by atoms with van der Waals surface area (Å²) in [6.45, 7) is 1.85. The Balaban J connectivity index is 1.89. The van der Waals surface area contributed by atoms with E-state index in [9.17, 15) is 13.2 Å². The Morgan fingerprint density at radius 3 is 2.68 bits per heavy atom. The van der Waals surface area contributed by atoms with Crippen molar-refractivity contribution < 1.29 is 17.6 Å². The molecule has 8 heteroatoms. The molecule has 0 aliphatic carbocycles. The van der Waals surface area contributed by atoms with Crippen molar-refractivity contribution >= 4 is 21.6 Å². The molecule has 118 valence electrons. The standard InChI is InChI=1S/C14H17N3O4S/c1-10(8-12-4-3-7-21-12)16-14(18)17-11-5-6-13(15-9-11)22(2,19)20/h3-7,9-10H,8H2,1-2H3,(H2,16,17,18)/t10-/m1/s1. The van der Waals surface area contributed by atoms with Crippen LogP contribution in [-0.2, 0) is 16.3 Å². The minimum Gasteiger partial charge on any atom is -0.469 e. The van der Waals surface area contributed by atoms with Crippen molar-refractivity contribution in [2.75, 3.05) is 11.6 Å². The third-order valence-corrected chi connectivity index (χ3v) is 3.84. The van der Waals surface area contributed by atoms with E-state index in [0.717, 1.165) is 12.0 Å². The smallest absolute Gasteiger partial charge is 0.319 e. The molecule has 0 aromatic carbocycles. The van der Waals surface area contributed by atoms with Crippen molar-refractivity contribution in [3.63, 3.8) is 0 Å². The highest BCUT2D eigenvalue weighted by Crippen LogP contribution is 2.10. The maximum Gasteiger partial charge on any atom is 0.319 e. The second kappa shape index (κ2) is 6.61. The summed E-state index contributed by atoms with van der Waals surface area (Å²) in [4.78, 5) is 15.6. The SMILES string of the molecule is C[C@H](Cc1ccco1)NC(=O)Nc1ccc(S(C)(=O)=O)nc1. The summed E-state index contributed by atoms with van der Waals surface area (Å²) in [5.74, 6) is 0.784. The number of nitrogens with one attached hydrogen (secondary N) is 2. The van der Waals surface area contributed by atoms with E-state index in [-0.39, 0.29) is 11.1 Å². The van der Waals surface area contributed by atoms with E-state index in [1.54, 1.807) is 12.3 Å². The van der Waals surface area contributed by atoms with Gasteiger partial charge in [-0.2, -0.15) is 0 Å². The van der Waals surface area contributed by atoms with Crippen molar-refractivity contribution in [1.29, 1.82) is 0 Å². The van der Waals surface area contributed by atoms with Crippen LogP contribution in [0, 0.1) is 0 Å². The fourth-order valence-electron chi connectivity index (χ4n) is 1.85. The molecular formula is C14H17N3O4S. The summed E-state index contributed by atoms with van der Waals surface area (Å²) < 4.78 is 27.8. The number of anilines is 1. The molecule has 0 radical (unpaired) electrons. The topological polar surface area (TPSA) is 101 Å². The van der Waals surface area contributed by atoms with Crippen LogP contribution in [0.2, 0.25) is 0 Å². The van der Waals surface area contributed by atoms with Gasteiger partial charge in [0, 0.05) is 18.7 Å². The van der Waals surface area contributed by atoms with Crippen LogP contribution in [0.3, 0.4) is 0 Å². The number of carbonyl (C=O) groups is 1. The quantitative estimate of drug-likeness (QED) is 0.874. The fraction of sp³-hybridized carbons (Fsp3) is 0.286. The Bertz CT molecular complexity index is 724. The molecule has 0 bridgehead atoms. The van der Waals surface area contributed by atoms with Crippen LogP contribution in [0.15, 0.2) is 46.2 Å². The number of amides is 2. The highest BCUT2D eigenvalue weighted by atomic mass is 32.2. The average molecular weight is 323 g/mol. The molecule has 0 saturated heterocycles. The number of nitrogens with zero attached hydrogens (tertiary/aromatic N) is 1. The van der Waals surface area contributed by atoms with Gasteiger partial charge < -0.3 is 15.1 Å². The van der Waals surface area contributed by atoms with Crippen LogP contribution in [0.1, 0.15) is 12.7 Å². The Morgan fingerprint density at radius 1 is 1.36 bits per heavy atom. The van der Waals surface area contributed by atoms with E-state index >= 15 is 0 Å². The monoisotopic (exact) mass is 323 g/mol. The van der Waals surface area contributed by atoms with Crippen molar-refractivity contribution in [3.05, 3.63) is 42.5 Å². The molecule has 0 saturated carbocycles. The summed E-state index contributed by atoms with van der Waals surface area (Å²) in [5, 5.41) is 5.31. The number of hydrogen-bond acceptors (Lipinski definition) is 5. The van der Waals surface area contributed by atoms with E-state index in [2.05, 4.69) is 15.6 Å². The average Bonchev–Trinajstić information content (AvgIpc) is 2.90. The van der Waals surface area contributed by atoms with E-state index in [0.29, 0.717) is 12.1 Å². The lowest BCUT2D eigenvalue weighted by molar-refractivity contribution is 0.248. The van der Waals surface area contributed by atoms with Gasteiger partial charge in [-0.1, -0.05) is 0 Å². The first-order chi connectivity index (χ1) is 10.3. The molecule has 22 heavy (non-hydrogen) atoms. The van der Waals surface area contributed by atoms with Crippen molar-refractivity contribution in [1.82, 2.24) is 10.3 Å². The van der Waals surface area contributed by atoms with Crippen molar-refractivity contribution in [2.45, 2.75) is 24.4 Å². The van der Waals surface area contributed by atoms with Gasteiger partial charge in [-0.15, -0.1) is 0 Å². The first kappa shape index (κ1) is 16.0. The maximum atomic E-state index is 11.8. The number of carbonyl (C=O) groups excluding carboxylic acids is 1. The van der Waals surface area contributed by atoms with Gasteiger partial charge in [0.2, 0.25) is 0 Å². The van der Waals surface area contributed by atoms with Gasteiger partial charge in [-0.3, -0.25) is 0 Å². The normalized spacial score (nSPS) is 12.6. The number of rotatable bonds is 5. The highest BCUT2D eigenvalue weighted by molar-refractivity contribution is 7.90. The molecular weight excluding hydrogens is 306 g/mol. The Labute approximate surface area is 128 Å². The fourth-order valence-corrected chi connectivity index (χ4v) is 2.41. The first-order valence-corrected chi connectivity index (χ1v) is 8.50. The second-order valence-corrected chi connectivity index (χ2v) is 6.90. The molecule has 2 heterocycles. The van der Waals surface area contributed by atoms with Gasteiger partial charge in [0.1, 0.15) is 5.76 Å². The zero-order chi connectivity index (χ0) is 16.2. The molecule has 0 fully saturated rings. The van der Waals surface area contributed by atoms with Crippen LogP contribution < -0.4 is 10.6 Å². The number of hydrogen-bond donors (Lipinski definition) is 2. The van der Waals surface area contributed by atoms with Gasteiger partial charge >= 0.3 is 6.03 Å². The van der Waals surface area contributed by atoms with Gasteiger partial charge in [0.25, 0.3) is 0 Å². The van der Waals surface area contributed by atoms with E-state index < -0.39 is 15.9 Å². The molecule has 2 amide bonds. The minimum absolute atomic E-state index is 0.0374. The van der Waals surface area contributed by atoms with Gasteiger partial charge in [-0.05, 0) is 31.2 Å². The predicted octanol–water partition coefficient (Wildman–Crippen LogP) is 1.83. The van der Waals surface area contributed by atoms with Crippen LogP contribution in [-0.4, -0.2) is 31.7 Å². The van der Waals surface area contributed by atoms with Crippen LogP contribution in [0.25, 0.3) is 0 Å². The van der Waals surface area contributed by atoms with Crippen LogP contribution in [0.5, 0.6) is 0 Å². The van der Waals surface area contributed by atoms with Crippen molar-refractivity contribution in [3.8, 4) is 0 Å². The molecule has 0 aliphatic heterocycles. The Kier molecular flexibility index (Phi) is 4.81. The molecule has 0 unspecified atom stereocenters. The lowest BCUT2D eigenvalue weighted by Gasteiger charge is -2.13. The molecule has 2 rings (SSSR count). The van der Waals surface area contributed by atoms with Gasteiger partial charge in [0.15, 0.2) is 14.9 Å². The minimum atomic E-state index is -3.35. The second-order valence-electron chi connectivity index (χ2n) is 4.94. The van der Waals surface area contributed by atoms with Crippen molar-refractivity contribution in [2.24, 2.45) is 0 Å². The molecule has 0 spiro atoms. The number of sulfone groups is 1. The molecule has 0 aliphatic rings. The molecule has 2 aromatic heterocycles. The number of pyridine rings is 1. The van der Waals surface area contributed by atoms with E-state index in [4.69, 9.17) is 4.42 Å². The predicted molar refractivity (Wildman–Crippen MR) is 81.4 cm³/mol. The summed E-state index contributed by atoms with van der Waals surface area (Å²) in [7, 11) is -3.35. The number of aromatic nitrogens is 1. The lowest BCUT2D eigenvalue weighted by atomic mass is 10.2. The van der Waals surface area contributed by atoms with Gasteiger partial charge in [0.05, 0.1) is 18.1 Å². The lowest BCUT2D eigenvalue weighted by Crippen LogP contribution is -2.37. The van der Waals surface area contributed by atoms with Crippen LogP contribution >= 0.6 is 0 Å². The number of furan rings is 1. The molecule has 7 nitrogen and oxygen atoms in total. The van der Waals surface area contributed by atoms with Gasteiger partial charge in [-0.25, -0.2) is 18.2 Å². The zero-order valence-corrected chi connectivity index (χ0v) is 13.1. The number of urea groups is 1. The summed E-state index contributed by atoms with van der Waals surface area (Å²) in [5.41, 5.74) is 0.412. The summed E-state index contributed by atoms with van der Waals surface area (Å²) >= 11 is 0. The maximum absolute atomic E-state index is 11.8. The molecule has 2 N–H and O–H groups in total. The zero-order valence-electron chi connectivity index (χ0n) is 12.2. The largest absolute Gasteiger partial charge is 0.469 e. The Morgan fingerprint density at radius 2 is 2.14 bits per heavy atom. The molecule has 1 atom stereocenters. The van der Waals surface area contributed by atoms with E-state index in [1.165, 1.54) is 18.3 Å². The van der Waals surface area contributed by atoms with E-state index in [1.807, 2.05) is 13.0 Å². The first-order valence-electron chi connectivity index (χ1n) is 6.60. The third-order valence-electron chi connectivity index (χ3n) is 2.84.